The van der Waals surface area contributed by atoms with Gasteiger partial charge in [-0.3, -0.25) is 9.97 Å². The van der Waals surface area contributed by atoms with Crippen LogP contribution < -0.4 is 0 Å². The van der Waals surface area contributed by atoms with Gasteiger partial charge in [0.2, 0.25) is 0 Å². The van der Waals surface area contributed by atoms with Gasteiger partial charge in [0.05, 0.1) is 22.9 Å². The molecule has 0 atom stereocenters. The van der Waals surface area contributed by atoms with E-state index in [0.29, 0.717) is 17.5 Å². The molecule has 0 amide bonds. The van der Waals surface area contributed by atoms with Crippen LogP contribution in [0.4, 0.5) is 0 Å². The minimum absolute atomic E-state index is 0.566. The first-order valence-electron chi connectivity index (χ1n) is 15.6. The van der Waals surface area contributed by atoms with Crippen molar-refractivity contribution < 1.29 is 0 Å². The zero-order chi connectivity index (χ0) is 30.9. The summed E-state index contributed by atoms with van der Waals surface area (Å²) in [7, 11) is 0. The Kier molecular flexibility index (Phi) is 5.48. The summed E-state index contributed by atoms with van der Waals surface area (Å²) in [5.74, 6) is 1.80. The highest BCUT2D eigenvalue weighted by Crippen LogP contribution is 2.49. The molecular formula is C41H24N6. The number of pyridine rings is 2. The van der Waals surface area contributed by atoms with Crippen LogP contribution in [-0.2, 0) is 0 Å². The maximum atomic E-state index is 4.91. The third-order valence-electron chi connectivity index (χ3n) is 9.10. The summed E-state index contributed by atoms with van der Waals surface area (Å²) in [4.78, 5) is 24.0. The fourth-order valence-corrected chi connectivity index (χ4v) is 7.02. The van der Waals surface area contributed by atoms with E-state index in [4.69, 9.17) is 19.9 Å². The van der Waals surface area contributed by atoms with Gasteiger partial charge in [0.25, 0.3) is 0 Å². The van der Waals surface area contributed by atoms with Crippen LogP contribution >= 0.6 is 0 Å². The van der Waals surface area contributed by atoms with Crippen LogP contribution in [-0.4, -0.2) is 29.5 Å². The first kappa shape index (κ1) is 25.8. The van der Waals surface area contributed by atoms with E-state index in [1.807, 2.05) is 85.5 Å². The molecule has 1 aliphatic rings. The van der Waals surface area contributed by atoms with E-state index < -0.39 is 0 Å². The molecule has 6 nitrogen and oxygen atoms in total. The predicted octanol–water partition coefficient (Wildman–Crippen LogP) is 9.56. The Bertz CT molecular complexity index is 2620. The minimum atomic E-state index is 0.566. The molecule has 0 N–H and O–H groups in total. The maximum Gasteiger partial charge on any atom is 0.165 e. The summed E-state index contributed by atoms with van der Waals surface area (Å²) in [6.07, 6.45) is 7.51. The van der Waals surface area contributed by atoms with Crippen molar-refractivity contribution in [1.29, 1.82) is 0 Å². The Morgan fingerprint density at radius 2 is 0.957 bits per heavy atom. The van der Waals surface area contributed by atoms with Gasteiger partial charge in [0.15, 0.2) is 17.5 Å². The lowest BCUT2D eigenvalue weighted by Gasteiger charge is -2.12. The number of hydrogen-bond acceptors (Lipinski definition) is 5. The van der Waals surface area contributed by atoms with Crippen molar-refractivity contribution in [2.75, 3.05) is 0 Å². The fourth-order valence-electron chi connectivity index (χ4n) is 7.02. The van der Waals surface area contributed by atoms with Gasteiger partial charge in [-0.05, 0) is 46.2 Å². The van der Waals surface area contributed by atoms with Gasteiger partial charge < -0.3 is 4.57 Å². The van der Waals surface area contributed by atoms with Crippen LogP contribution in [0.25, 0.3) is 94.7 Å². The van der Waals surface area contributed by atoms with Crippen molar-refractivity contribution in [2.24, 2.45) is 0 Å². The molecule has 4 heterocycles. The Labute approximate surface area is 269 Å². The number of rotatable bonds is 5. The molecule has 9 aromatic rings. The zero-order valence-electron chi connectivity index (χ0n) is 25.0. The van der Waals surface area contributed by atoms with Crippen LogP contribution in [0.15, 0.2) is 146 Å². The van der Waals surface area contributed by atoms with Crippen molar-refractivity contribution in [3.8, 4) is 62.1 Å². The average Bonchev–Trinajstić information content (AvgIpc) is 3.68. The molecule has 0 fully saturated rings. The van der Waals surface area contributed by atoms with Gasteiger partial charge in [-0.2, -0.15) is 0 Å². The highest BCUT2D eigenvalue weighted by Gasteiger charge is 2.25. The molecule has 0 aliphatic heterocycles. The second-order valence-electron chi connectivity index (χ2n) is 11.8. The smallest absolute Gasteiger partial charge is 0.165 e. The first-order valence-corrected chi connectivity index (χ1v) is 15.6. The molecule has 0 spiro atoms. The molecule has 218 valence electrons. The lowest BCUT2D eigenvalue weighted by Crippen LogP contribution is -2.00. The van der Waals surface area contributed by atoms with E-state index in [1.165, 1.54) is 43.7 Å². The standard InChI is InChI=1S/C41H24N6/c1-3-9-26(10-4-1)39-44-40(27-11-5-2-6-12-27)46-41(45-39)30-19-28(21-42-23-30)29-20-31(24-43-22-29)47-34-16-8-15-33-32-14-7-13-25-17-18-35(47)38(36(25)32)37(33)34/h1-24H. The summed E-state index contributed by atoms with van der Waals surface area (Å²) >= 11 is 0. The van der Waals surface area contributed by atoms with E-state index in [2.05, 4.69) is 70.2 Å². The van der Waals surface area contributed by atoms with Crippen molar-refractivity contribution in [1.82, 2.24) is 29.5 Å². The fraction of sp³-hybridized carbons (Fsp3) is 0. The number of aromatic nitrogens is 6. The summed E-state index contributed by atoms with van der Waals surface area (Å²) in [6.45, 7) is 0. The molecule has 0 radical (unpaired) electrons. The van der Waals surface area contributed by atoms with E-state index in [9.17, 15) is 0 Å². The molecule has 0 bridgehead atoms. The minimum Gasteiger partial charge on any atom is -0.308 e. The van der Waals surface area contributed by atoms with Crippen molar-refractivity contribution >= 4 is 32.6 Å². The summed E-state index contributed by atoms with van der Waals surface area (Å²) < 4.78 is 2.33. The van der Waals surface area contributed by atoms with Gasteiger partial charge in [-0.15, -0.1) is 0 Å². The predicted molar refractivity (Wildman–Crippen MR) is 188 cm³/mol. The molecule has 6 heteroatoms. The van der Waals surface area contributed by atoms with E-state index in [1.54, 1.807) is 0 Å². The number of fused-ring (bicyclic) bond motifs is 1. The molecule has 0 saturated heterocycles. The highest BCUT2D eigenvalue weighted by atomic mass is 15.0. The maximum absolute atomic E-state index is 4.91. The number of nitrogens with zero attached hydrogens (tertiary/aromatic N) is 6. The first-order chi connectivity index (χ1) is 23.3. The summed E-state index contributed by atoms with van der Waals surface area (Å²) in [5, 5.41) is 5.22. The molecule has 4 aromatic heterocycles. The second-order valence-corrected chi connectivity index (χ2v) is 11.8. The van der Waals surface area contributed by atoms with Gasteiger partial charge in [0, 0.05) is 57.2 Å². The monoisotopic (exact) mass is 600 g/mol. The van der Waals surface area contributed by atoms with Crippen molar-refractivity contribution in [3.05, 3.63) is 146 Å². The lowest BCUT2D eigenvalue weighted by atomic mass is 10.0. The highest BCUT2D eigenvalue weighted by molar-refractivity contribution is 6.33. The quantitative estimate of drug-likeness (QED) is 0.197. The summed E-state index contributed by atoms with van der Waals surface area (Å²) in [5.41, 5.74) is 10.5. The van der Waals surface area contributed by atoms with Crippen molar-refractivity contribution in [3.63, 3.8) is 0 Å². The number of benzene rings is 5. The van der Waals surface area contributed by atoms with Crippen LogP contribution in [0.2, 0.25) is 0 Å². The van der Waals surface area contributed by atoms with E-state index >= 15 is 0 Å². The number of hydrogen-bond donors (Lipinski definition) is 0. The lowest BCUT2D eigenvalue weighted by molar-refractivity contribution is 1.07. The van der Waals surface area contributed by atoms with Crippen LogP contribution in [0.5, 0.6) is 0 Å². The third kappa shape index (κ3) is 3.95. The van der Waals surface area contributed by atoms with Crippen LogP contribution in [0, 0.1) is 0 Å². The Balaban J connectivity index is 1.11. The summed E-state index contributed by atoms with van der Waals surface area (Å²) in [6, 6.07) is 41.9. The van der Waals surface area contributed by atoms with Gasteiger partial charge in [-0.1, -0.05) is 97.1 Å². The Hall–Kier alpha value is -6.53. The Morgan fingerprint density at radius 3 is 1.68 bits per heavy atom. The van der Waals surface area contributed by atoms with Gasteiger partial charge >= 0.3 is 0 Å². The third-order valence-corrected chi connectivity index (χ3v) is 9.10. The molecule has 1 aliphatic carbocycles. The Morgan fingerprint density at radius 1 is 0.383 bits per heavy atom. The largest absolute Gasteiger partial charge is 0.308 e. The topological polar surface area (TPSA) is 69.4 Å². The van der Waals surface area contributed by atoms with Gasteiger partial charge in [0.1, 0.15) is 0 Å². The molecule has 0 saturated carbocycles. The van der Waals surface area contributed by atoms with E-state index in [0.717, 1.165) is 33.5 Å². The van der Waals surface area contributed by atoms with Crippen LogP contribution in [0.3, 0.4) is 0 Å². The second kappa shape index (κ2) is 9.99. The van der Waals surface area contributed by atoms with Crippen LogP contribution in [0.1, 0.15) is 0 Å². The van der Waals surface area contributed by atoms with E-state index in [-0.39, 0.29) is 0 Å². The molecule has 10 rings (SSSR count). The normalized spacial score (nSPS) is 11.8. The molecular weight excluding hydrogens is 576 g/mol. The molecule has 47 heavy (non-hydrogen) atoms. The van der Waals surface area contributed by atoms with Gasteiger partial charge in [-0.25, -0.2) is 15.0 Å². The zero-order valence-corrected chi connectivity index (χ0v) is 25.0. The molecule has 0 unspecified atom stereocenters. The van der Waals surface area contributed by atoms with Crippen molar-refractivity contribution in [2.45, 2.75) is 0 Å². The average molecular weight is 601 g/mol. The SMILES string of the molecule is c1ccc(-c2nc(-c3ccccc3)nc(-c3cncc(-c4cncc(-n5c6cccc7c6c6c8c-7cccc8ccc65)c4)c3)n2)cc1. The molecule has 5 aromatic carbocycles.